The van der Waals surface area contributed by atoms with Crippen molar-refractivity contribution in [2.75, 3.05) is 13.2 Å². The van der Waals surface area contributed by atoms with E-state index in [4.69, 9.17) is 9.47 Å². The van der Waals surface area contributed by atoms with Gasteiger partial charge in [-0.15, -0.1) is 0 Å². The second kappa shape index (κ2) is 7.73. The number of carbonyl (C=O) groups excluding carboxylic acids is 3. The highest BCUT2D eigenvalue weighted by atomic mass is 16.7. The van der Waals surface area contributed by atoms with Crippen LogP contribution < -0.4 is 0 Å². The molecular weight excluding hydrogens is 396 g/mol. The highest BCUT2D eigenvalue weighted by molar-refractivity contribution is 6.01. The Morgan fingerprint density at radius 2 is 2.00 bits per heavy atom. The van der Waals surface area contributed by atoms with Crippen LogP contribution in [0.3, 0.4) is 0 Å². The van der Waals surface area contributed by atoms with E-state index in [9.17, 15) is 19.5 Å². The van der Waals surface area contributed by atoms with Gasteiger partial charge in [0.05, 0.1) is 6.61 Å². The minimum absolute atomic E-state index is 0.0324. The number of allylic oxidation sites excluding steroid dienone is 4. The molecule has 4 aliphatic rings. The summed E-state index contributed by atoms with van der Waals surface area (Å²) >= 11 is 0. The van der Waals surface area contributed by atoms with Crippen LogP contribution in [0.4, 0.5) is 4.79 Å². The average Bonchev–Trinajstić information content (AvgIpc) is 3.11. The highest BCUT2D eigenvalue weighted by Crippen LogP contribution is 2.64. The van der Waals surface area contributed by atoms with Gasteiger partial charge in [-0.3, -0.25) is 9.59 Å². The molecule has 0 bridgehead atoms. The molecule has 0 aromatic rings. The van der Waals surface area contributed by atoms with E-state index in [1.165, 1.54) is 5.57 Å². The first-order valence-electron chi connectivity index (χ1n) is 11.3. The Bertz CT molecular complexity index is 884. The molecule has 0 radical (unpaired) electrons. The predicted molar refractivity (Wildman–Crippen MR) is 114 cm³/mol. The largest absolute Gasteiger partial charge is 0.508 e. The van der Waals surface area contributed by atoms with Gasteiger partial charge in [0.1, 0.15) is 5.60 Å². The zero-order valence-corrected chi connectivity index (χ0v) is 18.6. The number of ether oxygens (including phenoxy) is 2. The molecule has 6 nitrogen and oxygen atoms in total. The van der Waals surface area contributed by atoms with Gasteiger partial charge in [0.15, 0.2) is 12.4 Å². The summed E-state index contributed by atoms with van der Waals surface area (Å²) in [7, 11) is 0. The summed E-state index contributed by atoms with van der Waals surface area (Å²) < 4.78 is 9.62. The SMILES string of the molecule is C=C1[C@@H]2C[C@H]3[C@@H](CCC4=CC(=O)C=C[C@@]43C)[C@@H]2C[C@H](C)[C@]1(O)C(=O)COC(=O)OCC. The molecule has 3 saturated carbocycles. The fraction of sp³-hybridized carbons (Fsp3) is 0.640. The Balaban J connectivity index is 1.56. The molecule has 1 N–H and O–H groups in total. The van der Waals surface area contributed by atoms with Gasteiger partial charge in [-0.25, -0.2) is 4.79 Å². The van der Waals surface area contributed by atoms with Gasteiger partial charge in [0.2, 0.25) is 5.78 Å². The van der Waals surface area contributed by atoms with Crippen LogP contribution in [-0.4, -0.2) is 41.6 Å². The first-order valence-corrected chi connectivity index (χ1v) is 11.3. The van der Waals surface area contributed by atoms with Crippen molar-refractivity contribution in [2.45, 2.75) is 52.1 Å². The van der Waals surface area contributed by atoms with E-state index in [1.54, 1.807) is 19.1 Å². The van der Waals surface area contributed by atoms with Gasteiger partial charge in [-0.1, -0.05) is 32.1 Å². The summed E-state index contributed by atoms with van der Waals surface area (Å²) in [6.45, 7) is 9.59. The smallest absolute Gasteiger partial charge is 0.435 e. The summed E-state index contributed by atoms with van der Waals surface area (Å²) in [5, 5.41) is 11.5. The maximum atomic E-state index is 13.0. The normalized spacial score (nSPS) is 41.0. The van der Waals surface area contributed by atoms with Crippen molar-refractivity contribution in [2.24, 2.45) is 35.0 Å². The molecular formula is C25H32O6. The summed E-state index contributed by atoms with van der Waals surface area (Å²) in [6, 6.07) is 0. The predicted octanol–water partition coefficient (Wildman–Crippen LogP) is 3.79. The quantitative estimate of drug-likeness (QED) is 0.541. The number of Topliss-reactive ketones (excluding diaryl/α,β-unsaturated/α-hetero) is 1. The molecule has 7 atom stereocenters. The number of ketones is 2. The lowest BCUT2D eigenvalue weighted by molar-refractivity contribution is -0.146. The Morgan fingerprint density at radius 3 is 2.71 bits per heavy atom. The number of hydrogen-bond donors (Lipinski definition) is 1. The molecule has 168 valence electrons. The average molecular weight is 429 g/mol. The molecule has 0 saturated heterocycles. The molecule has 31 heavy (non-hydrogen) atoms. The molecule has 4 aliphatic carbocycles. The Hall–Kier alpha value is -2.21. The van der Waals surface area contributed by atoms with E-state index in [0.29, 0.717) is 23.3 Å². The van der Waals surface area contributed by atoms with Gasteiger partial charge in [0, 0.05) is 5.41 Å². The molecule has 0 aliphatic heterocycles. The zero-order valence-electron chi connectivity index (χ0n) is 18.6. The van der Waals surface area contributed by atoms with Crippen molar-refractivity contribution in [3.8, 4) is 0 Å². The summed E-state index contributed by atoms with van der Waals surface area (Å²) in [4.78, 5) is 36.4. The molecule has 0 aromatic heterocycles. The maximum absolute atomic E-state index is 13.0. The van der Waals surface area contributed by atoms with Gasteiger partial charge >= 0.3 is 6.16 Å². The third-order valence-corrected chi connectivity index (χ3v) is 8.50. The summed E-state index contributed by atoms with van der Waals surface area (Å²) in [5.74, 6) is 0.415. The third-order valence-electron chi connectivity index (χ3n) is 8.50. The monoisotopic (exact) mass is 428 g/mol. The topological polar surface area (TPSA) is 89.9 Å². The second-order valence-corrected chi connectivity index (χ2v) is 9.83. The first kappa shape index (κ1) is 22.0. The van der Waals surface area contributed by atoms with Crippen LogP contribution in [0.25, 0.3) is 0 Å². The maximum Gasteiger partial charge on any atom is 0.508 e. The Morgan fingerprint density at radius 1 is 1.26 bits per heavy atom. The van der Waals surface area contributed by atoms with E-state index < -0.39 is 24.1 Å². The fourth-order valence-corrected chi connectivity index (χ4v) is 6.85. The van der Waals surface area contributed by atoms with Crippen LogP contribution in [0.1, 0.15) is 46.5 Å². The van der Waals surface area contributed by atoms with E-state index in [-0.39, 0.29) is 29.6 Å². The lowest BCUT2D eigenvalue weighted by Gasteiger charge is -2.48. The van der Waals surface area contributed by atoms with Gasteiger partial charge in [-0.05, 0) is 79.9 Å². The molecule has 0 aromatic carbocycles. The van der Waals surface area contributed by atoms with E-state index in [1.807, 2.05) is 6.92 Å². The molecule has 4 rings (SSSR count). The van der Waals surface area contributed by atoms with Crippen LogP contribution in [0.2, 0.25) is 0 Å². The minimum Gasteiger partial charge on any atom is -0.435 e. The number of carbonyl (C=O) groups is 3. The lowest BCUT2D eigenvalue weighted by atomic mass is 9.57. The van der Waals surface area contributed by atoms with Gasteiger partial charge in [0.25, 0.3) is 0 Å². The minimum atomic E-state index is -1.71. The lowest BCUT2D eigenvalue weighted by Crippen LogP contribution is -2.54. The Labute approximate surface area is 183 Å². The van der Waals surface area contributed by atoms with Crippen LogP contribution in [0.5, 0.6) is 0 Å². The fourth-order valence-electron chi connectivity index (χ4n) is 6.85. The van der Waals surface area contributed by atoms with Gasteiger partial charge in [-0.2, -0.15) is 0 Å². The van der Waals surface area contributed by atoms with Gasteiger partial charge < -0.3 is 14.6 Å². The van der Waals surface area contributed by atoms with E-state index in [0.717, 1.165) is 25.7 Å². The van der Waals surface area contributed by atoms with Crippen LogP contribution in [0, 0.1) is 35.0 Å². The van der Waals surface area contributed by atoms with E-state index in [2.05, 4.69) is 19.6 Å². The third kappa shape index (κ3) is 3.30. The van der Waals surface area contributed by atoms with Crippen molar-refractivity contribution >= 4 is 17.7 Å². The van der Waals surface area contributed by atoms with Crippen LogP contribution in [0.15, 0.2) is 36.0 Å². The molecule has 0 unspecified atom stereocenters. The van der Waals surface area contributed by atoms with Crippen molar-refractivity contribution in [1.29, 1.82) is 0 Å². The molecule has 3 fully saturated rings. The van der Waals surface area contributed by atoms with Crippen molar-refractivity contribution in [3.05, 3.63) is 36.0 Å². The molecule has 0 heterocycles. The molecule has 6 heteroatoms. The number of hydrogen-bond acceptors (Lipinski definition) is 6. The standard InChI is InChI=1S/C25H32O6/c1-5-30-23(28)31-13-22(27)25(29)14(2)10-20-18-7-6-16-11-17(26)8-9-24(16,4)21(18)12-19(20)15(25)3/h8-9,11,14,18-21,29H,3,5-7,10,12-13H2,1-2,4H3/t14-,18-,19-,20-,21-,24-,25+/m0/s1. The van der Waals surface area contributed by atoms with Crippen LogP contribution in [-0.2, 0) is 19.1 Å². The number of aliphatic hydroxyl groups is 1. The highest BCUT2D eigenvalue weighted by Gasteiger charge is 2.61. The second-order valence-electron chi connectivity index (χ2n) is 9.83. The molecule has 0 spiro atoms. The van der Waals surface area contributed by atoms with Crippen molar-refractivity contribution in [3.63, 3.8) is 0 Å². The number of fused-ring (bicyclic) bond motifs is 5. The van der Waals surface area contributed by atoms with Crippen molar-refractivity contribution < 1.29 is 29.0 Å². The molecule has 0 amide bonds. The Kier molecular flexibility index (Phi) is 5.49. The van der Waals surface area contributed by atoms with Crippen molar-refractivity contribution in [1.82, 2.24) is 0 Å². The first-order chi connectivity index (χ1) is 14.6. The van der Waals surface area contributed by atoms with Crippen LogP contribution >= 0.6 is 0 Å². The van der Waals surface area contributed by atoms with E-state index >= 15 is 0 Å². The summed E-state index contributed by atoms with van der Waals surface area (Å²) in [5.41, 5.74) is -0.118. The number of rotatable bonds is 4. The zero-order chi connectivity index (χ0) is 22.6. The summed E-state index contributed by atoms with van der Waals surface area (Å²) in [6.07, 6.45) is 8.12.